The molecule has 0 radical (unpaired) electrons. The average molecular weight is 386 g/mol. The minimum atomic E-state index is 0.420. The highest BCUT2D eigenvalue weighted by atomic mass is 16.2. The Morgan fingerprint density at radius 2 is 1.71 bits per heavy atom. The van der Waals surface area contributed by atoms with Crippen molar-refractivity contribution in [3.05, 3.63) is 23.8 Å². The fourth-order valence-corrected chi connectivity index (χ4v) is 5.64. The molecule has 2 heteroatoms. The van der Waals surface area contributed by atoms with Crippen molar-refractivity contribution >= 4 is 5.91 Å². The maximum absolute atomic E-state index is 12.6. The third kappa shape index (κ3) is 7.08. The number of fused-ring (bicyclic) bond motifs is 1. The number of likely N-dealkylation sites (tertiary alicyclic amines) is 1. The molecule has 2 aliphatic carbocycles. The highest BCUT2D eigenvalue weighted by Gasteiger charge is 2.32. The molecule has 0 spiro atoms. The Balaban J connectivity index is 1.20. The summed E-state index contributed by atoms with van der Waals surface area (Å²) in [6, 6.07) is 0. The highest BCUT2D eigenvalue weighted by molar-refractivity contribution is 5.76. The van der Waals surface area contributed by atoms with Crippen LogP contribution in [0.25, 0.3) is 0 Å². The molecule has 2 atom stereocenters. The van der Waals surface area contributed by atoms with E-state index in [0.29, 0.717) is 5.91 Å². The van der Waals surface area contributed by atoms with Crippen LogP contribution >= 0.6 is 0 Å². The van der Waals surface area contributed by atoms with E-state index in [1.165, 1.54) is 95.5 Å². The van der Waals surface area contributed by atoms with E-state index in [9.17, 15) is 4.79 Å². The zero-order valence-corrected chi connectivity index (χ0v) is 18.2. The van der Waals surface area contributed by atoms with Crippen molar-refractivity contribution in [2.45, 2.75) is 109 Å². The lowest BCUT2D eigenvalue weighted by Gasteiger charge is -2.41. The lowest BCUT2D eigenvalue weighted by molar-refractivity contribution is -0.134. The number of carbonyl (C=O) groups excluding carboxylic acids is 1. The van der Waals surface area contributed by atoms with Crippen LogP contribution in [0.5, 0.6) is 0 Å². The summed E-state index contributed by atoms with van der Waals surface area (Å²) in [6.07, 6.45) is 23.8. The standard InChI is InChI=1S/C26H43NO/c1-22(12-10-15-23-13-5-3-6-14-23)11-4-2-7-18-26(28)27-20-19-24-16-8-9-17-25(24)21-27/h13,24-25H,1-12,14-21H2. The van der Waals surface area contributed by atoms with Crippen LogP contribution in [-0.2, 0) is 4.79 Å². The molecule has 0 aromatic carbocycles. The molecule has 1 saturated carbocycles. The molecule has 0 aromatic heterocycles. The van der Waals surface area contributed by atoms with Gasteiger partial charge in [-0.05, 0) is 88.9 Å². The fourth-order valence-electron chi connectivity index (χ4n) is 5.64. The Labute approximate surface area is 173 Å². The van der Waals surface area contributed by atoms with Crippen molar-refractivity contribution in [3.8, 4) is 0 Å². The first-order valence-corrected chi connectivity index (χ1v) is 12.3. The van der Waals surface area contributed by atoms with Crippen molar-refractivity contribution in [2.75, 3.05) is 13.1 Å². The zero-order valence-electron chi connectivity index (χ0n) is 18.2. The molecule has 2 fully saturated rings. The number of hydrogen-bond donors (Lipinski definition) is 0. The SMILES string of the molecule is C=C(CCCCCC(=O)N1CCC2CCCCC2C1)CCCC1=CCCCC1. The van der Waals surface area contributed by atoms with Gasteiger partial charge >= 0.3 is 0 Å². The Bertz CT molecular complexity index is 535. The van der Waals surface area contributed by atoms with E-state index < -0.39 is 0 Å². The summed E-state index contributed by atoms with van der Waals surface area (Å²) < 4.78 is 0. The fraction of sp³-hybridized carbons (Fsp3) is 0.808. The first-order chi connectivity index (χ1) is 13.7. The van der Waals surface area contributed by atoms with Crippen LogP contribution in [-0.4, -0.2) is 23.9 Å². The summed E-state index contributed by atoms with van der Waals surface area (Å²) in [5.74, 6) is 2.14. The van der Waals surface area contributed by atoms with Crippen LogP contribution in [0.3, 0.4) is 0 Å². The smallest absolute Gasteiger partial charge is 0.222 e. The van der Waals surface area contributed by atoms with Gasteiger partial charge in [0.15, 0.2) is 0 Å². The maximum atomic E-state index is 12.6. The minimum Gasteiger partial charge on any atom is -0.342 e. The van der Waals surface area contributed by atoms with Crippen LogP contribution in [0.2, 0.25) is 0 Å². The van der Waals surface area contributed by atoms with Gasteiger partial charge in [-0.15, -0.1) is 0 Å². The summed E-state index contributed by atoms with van der Waals surface area (Å²) in [5.41, 5.74) is 3.11. The summed E-state index contributed by atoms with van der Waals surface area (Å²) in [6.45, 7) is 6.36. The number of rotatable bonds is 10. The largest absolute Gasteiger partial charge is 0.342 e. The van der Waals surface area contributed by atoms with Gasteiger partial charge in [-0.1, -0.05) is 49.5 Å². The maximum Gasteiger partial charge on any atom is 0.222 e. The van der Waals surface area contributed by atoms with Gasteiger partial charge < -0.3 is 4.90 Å². The van der Waals surface area contributed by atoms with E-state index in [1.54, 1.807) is 5.57 Å². The van der Waals surface area contributed by atoms with Crippen LogP contribution in [0.1, 0.15) is 109 Å². The molecule has 2 unspecified atom stereocenters. The molecule has 3 aliphatic rings. The summed E-state index contributed by atoms with van der Waals surface area (Å²) in [7, 11) is 0. The number of unbranched alkanes of at least 4 members (excludes halogenated alkanes) is 2. The summed E-state index contributed by atoms with van der Waals surface area (Å²) in [5, 5.41) is 0. The van der Waals surface area contributed by atoms with E-state index in [-0.39, 0.29) is 0 Å². The molecule has 3 rings (SSSR count). The van der Waals surface area contributed by atoms with E-state index in [4.69, 9.17) is 0 Å². The van der Waals surface area contributed by atoms with Crippen LogP contribution in [0.4, 0.5) is 0 Å². The molecule has 1 heterocycles. The van der Waals surface area contributed by atoms with Gasteiger partial charge in [0.05, 0.1) is 0 Å². The molecule has 0 N–H and O–H groups in total. The predicted octanol–water partition coefficient (Wildman–Crippen LogP) is 7.20. The molecule has 158 valence electrons. The van der Waals surface area contributed by atoms with Crippen LogP contribution in [0.15, 0.2) is 23.8 Å². The molecule has 1 saturated heterocycles. The predicted molar refractivity (Wildman–Crippen MR) is 119 cm³/mol. The normalized spacial score (nSPS) is 25.1. The summed E-state index contributed by atoms with van der Waals surface area (Å²) in [4.78, 5) is 14.8. The second kappa shape index (κ2) is 11.8. The minimum absolute atomic E-state index is 0.420. The first-order valence-electron chi connectivity index (χ1n) is 12.3. The van der Waals surface area contributed by atoms with E-state index >= 15 is 0 Å². The number of carbonyl (C=O) groups is 1. The Morgan fingerprint density at radius 3 is 2.54 bits per heavy atom. The number of nitrogens with zero attached hydrogens (tertiary/aromatic N) is 1. The average Bonchev–Trinajstić information content (AvgIpc) is 2.73. The molecule has 0 bridgehead atoms. The topological polar surface area (TPSA) is 20.3 Å². The third-order valence-electron chi connectivity index (χ3n) is 7.48. The van der Waals surface area contributed by atoms with E-state index in [1.807, 2.05) is 0 Å². The van der Waals surface area contributed by atoms with E-state index in [0.717, 1.165) is 44.2 Å². The van der Waals surface area contributed by atoms with Gasteiger partial charge in [0, 0.05) is 19.5 Å². The molecule has 0 aromatic rings. The Kier molecular flexibility index (Phi) is 9.15. The van der Waals surface area contributed by atoms with Gasteiger partial charge in [0.25, 0.3) is 0 Å². The number of allylic oxidation sites excluding steroid dienone is 3. The quantitative estimate of drug-likeness (QED) is 0.287. The lowest BCUT2D eigenvalue weighted by atomic mass is 9.75. The van der Waals surface area contributed by atoms with Crippen molar-refractivity contribution < 1.29 is 4.79 Å². The zero-order chi connectivity index (χ0) is 19.6. The van der Waals surface area contributed by atoms with Gasteiger partial charge in [0.2, 0.25) is 5.91 Å². The number of amides is 1. The third-order valence-corrected chi connectivity index (χ3v) is 7.48. The molecular formula is C26H43NO. The van der Waals surface area contributed by atoms with Crippen molar-refractivity contribution in [3.63, 3.8) is 0 Å². The van der Waals surface area contributed by atoms with Crippen molar-refractivity contribution in [1.29, 1.82) is 0 Å². The number of piperidine rings is 1. The van der Waals surface area contributed by atoms with Gasteiger partial charge in [-0.2, -0.15) is 0 Å². The van der Waals surface area contributed by atoms with Crippen molar-refractivity contribution in [1.82, 2.24) is 4.90 Å². The van der Waals surface area contributed by atoms with Crippen LogP contribution < -0.4 is 0 Å². The van der Waals surface area contributed by atoms with E-state index in [2.05, 4.69) is 17.6 Å². The Morgan fingerprint density at radius 1 is 0.929 bits per heavy atom. The highest BCUT2D eigenvalue weighted by Crippen LogP contribution is 2.36. The molecule has 2 nitrogen and oxygen atoms in total. The van der Waals surface area contributed by atoms with Crippen molar-refractivity contribution in [2.24, 2.45) is 11.8 Å². The second-order valence-electron chi connectivity index (χ2n) is 9.71. The van der Waals surface area contributed by atoms with Gasteiger partial charge in [-0.25, -0.2) is 0 Å². The lowest BCUT2D eigenvalue weighted by Crippen LogP contribution is -2.44. The second-order valence-corrected chi connectivity index (χ2v) is 9.71. The monoisotopic (exact) mass is 385 g/mol. The van der Waals surface area contributed by atoms with Crippen LogP contribution in [0, 0.1) is 11.8 Å². The Hall–Kier alpha value is -1.05. The number of hydrogen-bond acceptors (Lipinski definition) is 1. The summed E-state index contributed by atoms with van der Waals surface area (Å²) >= 11 is 0. The molecule has 28 heavy (non-hydrogen) atoms. The molecule has 1 aliphatic heterocycles. The first kappa shape index (κ1) is 21.7. The molecule has 1 amide bonds. The molecular weight excluding hydrogens is 342 g/mol. The van der Waals surface area contributed by atoms with Gasteiger partial charge in [0.1, 0.15) is 0 Å². The van der Waals surface area contributed by atoms with Gasteiger partial charge in [-0.3, -0.25) is 4.79 Å².